The zero-order valence-corrected chi connectivity index (χ0v) is 19.3. The van der Waals surface area contributed by atoms with Gasteiger partial charge >= 0.3 is 0 Å². The van der Waals surface area contributed by atoms with E-state index in [1.54, 1.807) is 0 Å². The summed E-state index contributed by atoms with van der Waals surface area (Å²) in [7, 11) is 2.16. The number of guanidine groups is 1. The minimum absolute atomic E-state index is 0. The molecule has 152 valence electrons. The van der Waals surface area contributed by atoms with Crippen LogP contribution in [-0.2, 0) is 6.54 Å². The minimum atomic E-state index is 0. The van der Waals surface area contributed by atoms with Gasteiger partial charge < -0.3 is 20.9 Å². The highest BCUT2D eigenvalue weighted by molar-refractivity contribution is 14.0. The molecule has 0 aliphatic carbocycles. The fourth-order valence-electron chi connectivity index (χ4n) is 3.11. The summed E-state index contributed by atoms with van der Waals surface area (Å²) in [5.41, 5.74) is 9.44. The van der Waals surface area contributed by atoms with E-state index >= 15 is 0 Å². The first-order valence-corrected chi connectivity index (χ1v) is 9.56. The van der Waals surface area contributed by atoms with Gasteiger partial charge in [0, 0.05) is 38.1 Å². The van der Waals surface area contributed by atoms with Gasteiger partial charge in [-0.05, 0) is 48.4 Å². The number of pyridine rings is 1. The van der Waals surface area contributed by atoms with E-state index in [0.717, 1.165) is 43.2 Å². The van der Waals surface area contributed by atoms with Crippen LogP contribution in [0.5, 0.6) is 0 Å². The summed E-state index contributed by atoms with van der Waals surface area (Å²) in [5, 5.41) is 3.19. The number of aromatic nitrogens is 1. The maximum atomic E-state index is 6.08. The van der Waals surface area contributed by atoms with E-state index in [-0.39, 0.29) is 24.0 Å². The van der Waals surface area contributed by atoms with Gasteiger partial charge in [-0.25, -0.2) is 9.98 Å². The topological polar surface area (TPSA) is 69.8 Å². The van der Waals surface area contributed by atoms with Crippen molar-refractivity contribution in [2.45, 2.75) is 26.3 Å². The molecule has 2 heterocycles. The number of anilines is 2. The summed E-state index contributed by atoms with van der Waals surface area (Å²) in [6, 6.07) is 12.4. The maximum Gasteiger partial charge on any atom is 0.193 e. The van der Waals surface area contributed by atoms with Crippen molar-refractivity contribution in [3.63, 3.8) is 0 Å². The zero-order chi connectivity index (χ0) is 19.2. The first-order chi connectivity index (χ1) is 13.0. The SMILES string of the molecule is CC(C)c1cccc(NC(N)=NCc2ccnc(N3CCN(C)CC3)c2)c1.I. The average molecular weight is 494 g/mol. The molecule has 28 heavy (non-hydrogen) atoms. The molecule has 0 atom stereocenters. The highest BCUT2D eigenvalue weighted by Gasteiger charge is 2.15. The molecule has 0 radical (unpaired) electrons. The van der Waals surface area contributed by atoms with Crippen LogP contribution in [-0.4, -0.2) is 49.1 Å². The molecule has 1 fully saturated rings. The third kappa shape index (κ3) is 6.34. The number of hydrogen-bond acceptors (Lipinski definition) is 4. The summed E-state index contributed by atoms with van der Waals surface area (Å²) in [6.45, 7) is 9.03. The molecule has 1 aromatic carbocycles. The molecule has 0 saturated carbocycles. The molecule has 1 aliphatic heterocycles. The summed E-state index contributed by atoms with van der Waals surface area (Å²) >= 11 is 0. The van der Waals surface area contributed by atoms with Crippen LogP contribution in [0.4, 0.5) is 11.5 Å². The van der Waals surface area contributed by atoms with Crippen LogP contribution in [0.1, 0.15) is 30.9 Å². The van der Waals surface area contributed by atoms with E-state index in [1.165, 1.54) is 5.56 Å². The minimum Gasteiger partial charge on any atom is -0.370 e. The van der Waals surface area contributed by atoms with Crippen molar-refractivity contribution in [1.82, 2.24) is 9.88 Å². The Balaban J connectivity index is 0.00000280. The first kappa shape index (κ1) is 22.4. The smallest absolute Gasteiger partial charge is 0.193 e. The number of nitrogens with two attached hydrogens (primary N) is 1. The second kappa shape index (κ2) is 10.6. The van der Waals surface area contributed by atoms with Crippen molar-refractivity contribution >= 4 is 41.4 Å². The van der Waals surface area contributed by atoms with E-state index in [9.17, 15) is 0 Å². The van der Waals surface area contributed by atoms with Gasteiger partial charge in [0.15, 0.2) is 5.96 Å². The Hall–Kier alpha value is -1.87. The van der Waals surface area contributed by atoms with Crippen LogP contribution in [0, 0.1) is 0 Å². The lowest BCUT2D eigenvalue weighted by Crippen LogP contribution is -2.44. The summed E-state index contributed by atoms with van der Waals surface area (Å²) in [6.07, 6.45) is 1.86. The maximum absolute atomic E-state index is 6.08. The second-order valence-corrected chi connectivity index (χ2v) is 7.42. The predicted molar refractivity (Wildman–Crippen MR) is 129 cm³/mol. The molecule has 2 aromatic rings. The van der Waals surface area contributed by atoms with Crippen LogP contribution in [0.3, 0.4) is 0 Å². The van der Waals surface area contributed by atoms with Crippen LogP contribution in [0.25, 0.3) is 0 Å². The molecule has 0 spiro atoms. The van der Waals surface area contributed by atoms with Gasteiger partial charge in [0.1, 0.15) is 5.82 Å². The Morgan fingerprint density at radius 2 is 1.93 bits per heavy atom. The van der Waals surface area contributed by atoms with Gasteiger partial charge in [0.2, 0.25) is 0 Å². The number of piperazine rings is 1. The lowest BCUT2D eigenvalue weighted by molar-refractivity contribution is 0.312. The number of nitrogens with one attached hydrogen (secondary N) is 1. The average Bonchev–Trinajstić information content (AvgIpc) is 2.67. The summed E-state index contributed by atoms with van der Waals surface area (Å²) < 4.78 is 0. The molecule has 1 aliphatic rings. The molecule has 0 unspecified atom stereocenters. The van der Waals surface area contributed by atoms with Crippen LogP contribution in [0.2, 0.25) is 0 Å². The Morgan fingerprint density at radius 1 is 1.18 bits per heavy atom. The van der Waals surface area contributed by atoms with Crippen molar-refractivity contribution in [2.24, 2.45) is 10.7 Å². The lowest BCUT2D eigenvalue weighted by Gasteiger charge is -2.33. The van der Waals surface area contributed by atoms with E-state index in [2.05, 4.69) is 64.2 Å². The van der Waals surface area contributed by atoms with Gasteiger partial charge in [-0.2, -0.15) is 0 Å². The zero-order valence-electron chi connectivity index (χ0n) is 16.9. The standard InChI is InChI=1S/C21H30N6.HI/c1-16(2)18-5-4-6-19(14-18)25-21(22)24-15-17-7-8-23-20(13-17)27-11-9-26(3)10-12-27;/h4-8,13-14,16H,9-12,15H2,1-3H3,(H3,22,24,25);1H. The van der Waals surface area contributed by atoms with Crippen LogP contribution >= 0.6 is 24.0 Å². The number of hydrogen-bond donors (Lipinski definition) is 2. The molecule has 0 amide bonds. The quantitative estimate of drug-likeness (QED) is 0.379. The summed E-state index contributed by atoms with van der Waals surface area (Å²) in [5.74, 6) is 1.93. The normalized spacial score (nSPS) is 15.4. The van der Waals surface area contributed by atoms with Gasteiger partial charge in [0.05, 0.1) is 6.54 Å². The number of halogens is 1. The number of nitrogens with zero attached hydrogens (tertiary/aromatic N) is 4. The largest absolute Gasteiger partial charge is 0.370 e. The van der Waals surface area contributed by atoms with Crippen molar-refractivity contribution in [3.8, 4) is 0 Å². The molecule has 3 rings (SSSR count). The molecule has 1 saturated heterocycles. The number of rotatable bonds is 5. The molecule has 7 heteroatoms. The highest BCUT2D eigenvalue weighted by atomic mass is 127. The molecular formula is C21H31IN6. The van der Waals surface area contributed by atoms with Gasteiger partial charge in [-0.1, -0.05) is 26.0 Å². The third-order valence-corrected chi connectivity index (χ3v) is 4.89. The second-order valence-electron chi connectivity index (χ2n) is 7.42. The van der Waals surface area contributed by atoms with Crippen molar-refractivity contribution < 1.29 is 0 Å². The number of benzene rings is 1. The van der Waals surface area contributed by atoms with E-state index < -0.39 is 0 Å². The fraction of sp³-hybridized carbons (Fsp3) is 0.429. The summed E-state index contributed by atoms with van der Waals surface area (Å²) in [4.78, 5) is 13.7. The van der Waals surface area contributed by atoms with Crippen LogP contribution in [0.15, 0.2) is 47.6 Å². The van der Waals surface area contributed by atoms with Gasteiger partial charge in [-0.15, -0.1) is 24.0 Å². The van der Waals surface area contributed by atoms with E-state index in [0.29, 0.717) is 18.4 Å². The molecular weight excluding hydrogens is 463 g/mol. The Labute approximate surface area is 185 Å². The molecule has 3 N–H and O–H groups in total. The Morgan fingerprint density at radius 3 is 2.64 bits per heavy atom. The number of aliphatic imine (C=N–C) groups is 1. The van der Waals surface area contributed by atoms with Crippen molar-refractivity contribution in [3.05, 3.63) is 53.7 Å². The molecule has 0 bridgehead atoms. The highest BCUT2D eigenvalue weighted by Crippen LogP contribution is 2.18. The molecule has 1 aromatic heterocycles. The Kier molecular flexibility index (Phi) is 8.50. The number of likely N-dealkylation sites (N-methyl/N-ethyl adjacent to an activating group) is 1. The van der Waals surface area contributed by atoms with Gasteiger partial charge in [-0.3, -0.25) is 0 Å². The van der Waals surface area contributed by atoms with Gasteiger partial charge in [0.25, 0.3) is 0 Å². The predicted octanol–water partition coefficient (Wildman–Crippen LogP) is 3.50. The van der Waals surface area contributed by atoms with E-state index in [1.807, 2.05) is 24.4 Å². The lowest BCUT2D eigenvalue weighted by atomic mass is 10.0. The molecule has 6 nitrogen and oxygen atoms in total. The van der Waals surface area contributed by atoms with Crippen molar-refractivity contribution in [1.29, 1.82) is 0 Å². The van der Waals surface area contributed by atoms with Crippen LogP contribution < -0.4 is 16.0 Å². The van der Waals surface area contributed by atoms with E-state index in [4.69, 9.17) is 5.73 Å². The first-order valence-electron chi connectivity index (χ1n) is 9.56. The van der Waals surface area contributed by atoms with Crippen molar-refractivity contribution in [2.75, 3.05) is 43.4 Å². The monoisotopic (exact) mass is 494 g/mol. The Bertz CT molecular complexity index is 784. The fourth-order valence-corrected chi connectivity index (χ4v) is 3.11. The third-order valence-electron chi connectivity index (χ3n) is 4.89.